The zero-order chi connectivity index (χ0) is 18.4. The SMILES string of the molecule is CC1=C(C)C(c2csc3c(C#N)cc(C#N)cc23)C(CC2CC2)=C(N)N1. The van der Waals surface area contributed by atoms with Crippen molar-refractivity contribution in [2.24, 2.45) is 11.7 Å². The van der Waals surface area contributed by atoms with Crippen LogP contribution in [-0.2, 0) is 0 Å². The average molecular weight is 360 g/mol. The van der Waals surface area contributed by atoms with E-state index in [9.17, 15) is 10.5 Å². The topological polar surface area (TPSA) is 85.6 Å². The summed E-state index contributed by atoms with van der Waals surface area (Å²) in [7, 11) is 0. The molecule has 0 spiro atoms. The zero-order valence-electron chi connectivity index (χ0n) is 14.9. The van der Waals surface area contributed by atoms with Crippen molar-refractivity contribution in [2.75, 3.05) is 0 Å². The van der Waals surface area contributed by atoms with Gasteiger partial charge in [-0.1, -0.05) is 0 Å². The lowest BCUT2D eigenvalue weighted by Crippen LogP contribution is -2.29. The summed E-state index contributed by atoms with van der Waals surface area (Å²) in [6.07, 6.45) is 3.55. The minimum Gasteiger partial charge on any atom is -0.385 e. The summed E-state index contributed by atoms with van der Waals surface area (Å²) < 4.78 is 0.954. The van der Waals surface area contributed by atoms with Gasteiger partial charge in [0, 0.05) is 11.6 Å². The maximum atomic E-state index is 9.49. The molecule has 1 unspecified atom stereocenters. The normalized spacial score (nSPS) is 20.1. The fourth-order valence-electron chi connectivity index (χ4n) is 3.82. The van der Waals surface area contributed by atoms with Gasteiger partial charge >= 0.3 is 0 Å². The van der Waals surface area contributed by atoms with Gasteiger partial charge in [0.1, 0.15) is 11.9 Å². The molecule has 26 heavy (non-hydrogen) atoms. The van der Waals surface area contributed by atoms with Crippen LogP contribution in [0.3, 0.4) is 0 Å². The number of nitrogens with one attached hydrogen (secondary N) is 1. The third-order valence-electron chi connectivity index (χ3n) is 5.51. The molecule has 1 aliphatic carbocycles. The summed E-state index contributed by atoms with van der Waals surface area (Å²) >= 11 is 1.58. The molecule has 4 nitrogen and oxygen atoms in total. The molecule has 3 N–H and O–H groups in total. The molecule has 0 saturated heterocycles. The van der Waals surface area contributed by atoms with Gasteiger partial charge in [0.2, 0.25) is 0 Å². The summed E-state index contributed by atoms with van der Waals surface area (Å²) in [6.45, 7) is 4.20. The van der Waals surface area contributed by atoms with Crippen molar-refractivity contribution in [1.82, 2.24) is 5.32 Å². The molecule has 4 rings (SSSR count). The average Bonchev–Trinajstić information content (AvgIpc) is 3.36. The monoisotopic (exact) mass is 360 g/mol. The largest absolute Gasteiger partial charge is 0.385 e. The Labute approximate surface area is 157 Å². The smallest absolute Gasteiger partial charge is 0.101 e. The minimum absolute atomic E-state index is 0.117. The van der Waals surface area contributed by atoms with Gasteiger partial charge in [-0.25, -0.2) is 0 Å². The highest BCUT2D eigenvalue weighted by atomic mass is 32.1. The van der Waals surface area contributed by atoms with Crippen molar-refractivity contribution in [3.05, 3.63) is 56.9 Å². The van der Waals surface area contributed by atoms with Crippen LogP contribution in [0.1, 0.15) is 55.7 Å². The predicted octanol–water partition coefficient (Wildman–Crippen LogP) is 4.60. The Kier molecular flexibility index (Phi) is 3.98. The van der Waals surface area contributed by atoms with Gasteiger partial charge < -0.3 is 11.1 Å². The predicted molar refractivity (Wildman–Crippen MR) is 104 cm³/mol. The Balaban J connectivity index is 1.93. The zero-order valence-corrected chi connectivity index (χ0v) is 15.7. The molecule has 2 heterocycles. The first-order valence-electron chi connectivity index (χ1n) is 8.81. The van der Waals surface area contributed by atoms with E-state index in [4.69, 9.17) is 5.73 Å². The number of thiophene rings is 1. The minimum atomic E-state index is 0.117. The van der Waals surface area contributed by atoms with Crippen molar-refractivity contribution in [3.8, 4) is 12.1 Å². The molecule has 2 aromatic rings. The number of hydrogen-bond donors (Lipinski definition) is 2. The maximum absolute atomic E-state index is 9.49. The lowest BCUT2D eigenvalue weighted by Gasteiger charge is -2.30. The highest BCUT2D eigenvalue weighted by Gasteiger charge is 2.33. The van der Waals surface area contributed by atoms with E-state index in [0.29, 0.717) is 11.1 Å². The van der Waals surface area contributed by atoms with E-state index in [-0.39, 0.29) is 5.92 Å². The Morgan fingerprint density at radius 3 is 2.65 bits per heavy atom. The molecule has 1 aromatic carbocycles. The van der Waals surface area contributed by atoms with Gasteiger partial charge in [-0.05, 0) is 78.6 Å². The quantitative estimate of drug-likeness (QED) is 0.838. The second-order valence-electron chi connectivity index (χ2n) is 7.27. The van der Waals surface area contributed by atoms with E-state index < -0.39 is 0 Å². The molecule has 2 aliphatic rings. The van der Waals surface area contributed by atoms with E-state index in [1.54, 1.807) is 17.4 Å². The van der Waals surface area contributed by atoms with E-state index in [1.807, 2.05) is 6.07 Å². The summed E-state index contributed by atoms with van der Waals surface area (Å²) in [4.78, 5) is 0. The van der Waals surface area contributed by atoms with E-state index in [1.165, 1.54) is 24.0 Å². The first kappa shape index (κ1) is 16.7. The summed E-state index contributed by atoms with van der Waals surface area (Å²) in [6, 6.07) is 8.02. The van der Waals surface area contributed by atoms with Crippen LogP contribution in [-0.4, -0.2) is 0 Å². The van der Waals surface area contributed by atoms with Gasteiger partial charge in [-0.15, -0.1) is 11.3 Å². The number of nitrogens with zero attached hydrogens (tertiary/aromatic N) is 2. The molecule has 5 heteroatoms. The number of nitriles is 2. The highest BCUT2D eigenvalue weighted by Crippen LogP contribution is 2.47. The van der Waals surface area contributed by atoms with Crippen molar-refractivity contribution in [1.29, 1.82) is 10.5 Å². The maximum Gasteiger partial charge on any atom is 0.101 e. The molecular formula is C21H20N4S. The third-order valence-corrected chi connectivity index (χ3v) is 6.56. The number of hydrogen-bond acceptors (Lipinski definition) is 5. The number of fused-ring (bicyclic) bond motifs is 1. The van der Waals surface area contributed by atoms with E-state index in [0.717, 1.165) is 39.5 Å². The molecular weight excluding hydrogens is 340 g/mol. The lowest BCUT2D eigenvalue weighted by atomic mass is 9.80. The number of nitrogens with two attached hydrogens (primary N) is 1. The first-order valence-corrected chi connectivity index (χ1v) is 9.69. The van der Waals surface area contributed by atoms with Crippen molar-refractivity contribution in [3.63, 3.8) is 0 Å². The third kappa shape index (κ3) is 2.66. The van der Waals surface area contributed by atoms with Crippen LogP contribution < -0.4 is 11.1 Å². The van der Waals surface area contributed by atoms with Crippen LogP contribution in [0.15, 0.2) is 40.2 Å². The Bertz CT molecular complexity index is 1050. The van der Waals surface area contributed by atoms with E-state index >= 15 is 0 Å². The van der Waals surface area contributed by atoms with Crippen LogP contribution in [0.2, 0.25) is 0 Å². The van der Waals surface area contributed by atoms with Gasteiger partial charge in [-0.2, -0.15) is 10.5 Å². The number of dihydropyridines is 1. The molecule has 1 aromatic heterocycles. The van der Waals surface area contributed by atoms with E-state index in [2.05, 4.69) is 36.7 Å². The van der Waals surface area contributed by atoms with Crippen molar-refractivity contribution >= 4 is 21.4 Å². The molecule has 0 bridgehead atoms. The number of rotatable bonds is 3. The first-order chi connectivity index (χ1) is 12.5. The Morgan fingerprint density at radius 1 is 1.23 bits per heavy atom. The summed E-state index contributed by atoms with van der Waals surface area (Å²) in [5.74, 6) is 1.61. The Morgan fingerprint density at radius 2 is 2.00 bits per heavy atom. The Hall–Kier alpha value is -2.76. The lowest BCUT2D eigenvalue weighted by molar-refractivity contribution is 0.684. The van der Waals surface area contributed by atoms with Gasteiger partial charge in [0.05, 0.1) is 21.9 Å². The van der Waals surface area contributed by atoms with Gasteiger partial charge in [0.15, 0.2) is 0 Å². The molecule has 1 atom stereocenters. The second-order valence-corrected chi connectivity index (χ2v) is 8.15. The molecule has 0 amide bonds. The van der Waals surface area contributed by atoms with Crippen LogP contribution in [0.4, 0.5) is 0 Å². The van der Waals surface area contributed by atoms with Crippen LogP contribution in [0.5, 0.6) is 0 Å². The standard InChI is InChI=1S/C21H20N4S/c1-11-12(2)25-21(24)17(6-13-3-4-13)19(11)18-10-26-20-15(9-23)5-14(8-22)7-16(18)20/h5,7,10,13,19,25H,3-4,6,24H2,1-2H3. The fraction of sp³-hybridized carbons (Fsp3) is 0.333. The molecule has 130 valence electrons. The molecule has 1 saturated carbocycles. The van der Waals surface area contributed by atoms with Crippen molar-refractivity contribution in [2.45, 2.75) is 39.0 Å². The molecule has 0 radical (unpaired) electrons. The number of benzene rings is 1. The fourth-order valence-corrected chi connectivity index (χ4v) is 4.87. The van der Waals surface area contributed by atoms with Gasteiger partial charge in [-0.3, -0.25) is 0 Å². The van der Waals surface area contributed by atoms with Gasteiger partial charge in [0.25, 0.3) is 0 Å². The van der Waals surface area contributed by atoms with Crippen LogP contribution in [0.25, 0.3) is 10.1 Å². The highest BCUT2D eigenvalue weighted by molar-refractivity contribution is 7.17. The van der Waals surface area contributed by atoms with Crippen molar-refractivity contribution < 1.29 is 0 Å². The number of allylic oxidation sites excluding steroid dienone is 3. The molecule has 1 fully saturated rings. The molecule has 1 aliphatic heterocycles. The van der Waals surface area contributed by atoms with Crippen LogP contribution >= 0.6 is 11.3 Å². The summed E-state index contributed by atoms with van der Waals surface area (Å²) in [5.41, 5.74) is 12.3. The van der Waals surface area contributed by atoms with Crippen LogP contribution in [0, 0.1) is 28.6 Å². The second kappa shape index (κ2) is 6.20. The summed E-state index contributed by atoms with van der Waals surface area (Å²) in [5, 5.41) is 25.3.